The van der Waals surface area contributed by atoms with E-state index in [1.807, 2.05) is 0 Å². The van der Waals surface area contributed by atoms with Crippen LogP contribution in [0.4, 0.5) is 0 Å². The molecule has 0 aromatic carbocycles. The first-order valence-electron chi connectivity index (χ1n) is 20.4. The molecule has 8 nitrogen and oxygen atoms in total. The van der Waals surface area contributed by atoms with Gasteiger partial charge in [0, 0.05) is 12.8 Å². The molecule has 0 N–H and O–H groups in total. The Hall–Kier alpha value is -2.61. The zero-order chi connectivity index (χ0) is 36.8. The first-order chi connectivity index (χ1) is 24.5. The number of ether oxygens (including phenoxy) is 2. The van der Waals surface area contributed by atoms with Crippen LogP contribution in [0.3, 0.4) is 0 Å². The average Bonchev–Trinajstić information content (AvgIpc) is 3.12. The molecular formula is C42H74NO7+. The SMILES string of the molecule is CCCCCCCC/C=C\CCCCCCCC(=O)OC(CC[N+](C=O)(C=O)C=O)OC(=O)CCCCCCC/C=C\CCCCCCCC. The van der Waals surface area contributed by atoms with Gasteiger partial charge >= 0.3 is 31.2 Å². The highest BCUT2D eigenvalue weighted by Crippen LogP contribution is 2.15. The number of quaternary nitrogens is 1. The van der Waals surface area contributed by atoms with Crippen molar-refractivity contribution in [2.45, 2.75) is 206 Å². The van der Waals surface area contributed by atoms with Crippen molar-refractivity contribution in [2.75, 3.05) is 6.54 Å². The molecule has 0 rings (SSSR count). The van der Waals surface area contributed by atoms with Gasteiger partial charge in [-0.2, -0.15) is 0 Å². The number of carbonyl (C=O) groups is 5. The molecule has 0 spiro atoms. The molecule has 50 heavy (non-hydrogen) atoms. The van der Waals surface area contributed by atoms with Gasteiger partial charge in [-0.1, -0.05) is 141 Å². The number of amides is 3. The number of allylic oxidation sites excluding steroid dienone is 4. The highest BCUT2D eigenvalue weighted by atomic mass is 16.7. The number of carbonyl (C=O) groups excluding carboxylic acids is 5. The van der Waals surface area contributed by atoms with Gasteiger partial charge in [-0.15, -0.1) is 4.48 Å². The second kappa shape index (κ2) is 36.2. The van der Waals surface area contributed by atoms with Crippen LogP contribution in [0.5, 0.6) is 0 Å². The lowest BCUT2D eigenvalue weighted by Crippen LogP contribution is -2.46. The van der Waals surface area contributed by atoms with Gasteiger partial charge in [-0.05, 0) is 64.2 Å². The van der Waals surface area contributed by atoms with E-state index in [9.17, 15) is 24.0 Å². The van der Waals surface area contributed by atoms with E-state index in [1.54, 1.807) is 0 Å². The number of imide groups is 3. The molecule has 0 heterocycles. The zero-order valence-electron chi connectivity index (χ0n) is 32.1. The second-order valence-electron chi connectivity index (χ2n) is 13.9. The Bertz CT molecular complexity index is 825. The normalized spacial score (nSPS) is 11.8. The minimum atomic E-state index is -1.25. The van der Waals surface area contributed by atoms with Crippen LogP contribution in [0.1, 0.15) is 200 Å². The minimum absolute atomic E-state index is 0.132. The van der Waals surface area contributed by atoms with Crippen LogP contribution in [-0.2, 0) is 33.4 Å². The van der Waals surface area contributed by atoms with Crippen molar-refractivity contribution in [3.63, 3.8) is 0 Å². The van der Waals surface area contributed by atoms with Crippen LogP contribution < -0.4 is 0 Å². The molecule has 0 aliphatic heterocycles. The summed E-state index contributed by atoms with van der Waals surface area (Å²) >= 11 is 0. The maximum absolute atomic E-state index is 12.6. The fourth-order valence-electron chi connectivity index (χ4n) is 5.79. The first kappa shape index (κ1) is 47.4. The molecule has 0 fully saturated rings. The Balaban J connectivity index is 4.27. The third-order valence-corrected chi connectivity index (χ3v) is 9.15. The number of hydrogen-bond donors (Lipinski definition) is 0. The number of nitrogens with zero attached hydrogens (tertiary/aromatic N) is 1. The van der Waals surface area contributed by atoms with Crippen LogP contribution in [-0.4, -0.2) is 48.5 Å². The molecule has 0 aliphatic carbocycles. The molecule has 0 radical (unpaired) electrons. The van der Waals surface area contributed by atoms with E-state index in [0.717, 1.165) is 64.2 Å². The molecule has 0 saturated heterocycles. The zero-order valence-corrected chi connectivity index (χ0v) is 32.1. The fraction of sp³-hybridized carbons (Fsp3) is 0.786. The summed E-state index contributed by atoms with van der Waals surface area (Å²) in [6.07, 6.45) is 38.9. The highest BCUT2D eigenvalue weighted by molar-refractivity contribution is 5.71. The smallest absolute Gasteiger partial charge is 0.315 e. The molecule has 0 unspecified atom stereocenters. The predicted octanol–water partition coefficient (Wildman–Crippen LogP) is 11.1. The van der Waals surface area contributed by atoms with Crippen molar-refractivity contribution in [1.82, 2.24) is 0 Å². The predicted molar refractivity (Wildman–Crippen MR) is 203 cm³/mol. The van der Waals surface area contributed by atoms with Crippen molar-refractivity contribution in [3.8, 4) is 0 Å². The Kier molecular flexibility index (Phi) is 34.3. The summed E-state index contributed by atoms with van der Waals surface area (Å²) in [7, 11) is 0. The molecule has 0 atom stereocenters. The van der Waals surface area contributed by atoms with E-state index in [0.29, 0.717) is 12.8 Å². The Morgan fingerprint density at radius 1 is 0.460 bits per heavy atom. The second-order valence-corrected chi connectivity index (χ2v) is 13.9. The van der Waals surface area contributed by atoms with Crippen molar-refractivity contribution < 1.29 is 37.9 Å². The first-order valence-corrected chi connectivity index (χ1v) is 20.4. The van der Waals surface area contributed by atoms with Gasteiger partial charge in [0.15, 0.2) is 0 Å². The lowest BCUT2D eigenvalue weighted by molar-refractivity contribution is -0.673. The van der Waals surface area contributed by atoms with Crippen LogP contribution in [0.15, 0.2) is 24.3 Å². The van der Waals surface area contributed by atoms with Gasteiger partial charge in [0.2, 0.25) is 0 Å². The summed E-state index contributed by atoms with van der Waals surface area (Å²) in [5.74, 6) is -0.995. The van der Waals surface area contributed by atoms with Crippen LogP contribution in [0, 0.1) is 0 Å². The van der Waals surface area contributed by atoms with Crippen LogP contribution in [0.25, 0.3) is 0 Å². The molecule has 8 heteroatoms. The standard InChI is InChI=1S/C42H74NO7/c1-3-5-7-9-11-13-15-17-19-21-23-25-27-29-31-33-40(47)49-42(35-36-43(37-44,38-45)39-46)50-41(48)34-32-30-28-26-24-22-20-18-16-14-12-10-8-6-4-2/h17-20,37-39,42H,3-16,21-36H2,1-2H3/q+1/b19-17-,20-18-. The summed E-state index contributed by atoms with van der Waals surface area (Å²) in [5, 5.41) is 0. The van der Waals surface area contributed by atoms with Gasteiger partial charge in [0.1, 0.15) is 6.54 Å². The van der Waals surface area contributed by atoms with Gasteiger partial charge in [0.05, 0.1) is 6.42 Å². The fourth-order valence-corrected chi connectivity index (χ4v) is 5.79. The summed E-state index contributed by atoms with van der Waals surface area (Å²) in [5.41, 5.74) is 0. The maximum atomic E-state index is 12.6. The Morgan fingerprint density at radius 2 is 0.760 bits per heavy atom. The Morgan fingerprint density at radius 3 is 1.08 bits per heavy atom. The van der Waals surface area contributed by atoms with Crippen LogP contribution >= 0.6 is 0 Å². The van der Waals surface area contributed by atoms with E-state index in [2.05, 4.69) is 38.2 Å². The largest absolute Gasteiger partial charge is 0.425 e. The third-order valence-electron chi connectivity index (χ3n) is 9.15. The number of esters is 2. The third kappa shape index (κ3) is 30.2. The summed E-state index contributed by atoms with van der Waals surface area (Å²) < 4.78 is 9.78. The molecule has 0 aliphatic rings. The minimum Gasteiger partial charge on any atom is -0.425 e. The summed E-state index contributed by atoms with van der Waals surface area (Å²) in [4.78, 5) is 59.2. The van der Waals surface area contributed by atoms with Gasteiger partial charge in [0.25, 0.3) is 6.29 Å². The average molecular weight is 705 g/mol. The topological polar surface area (TPSA) is 104 Å². The van der Waals surface area contributed by atoms with Crippen molar-refractivity contribution >= 4 is 31.2 Å². The molecule has 0 bridgehead atoms. The molecular weight excluding hydrogens is 630 g/mol. The van der Waals surface area contributed by atoms with Crippen LogP contribution in [0.2, 0.25) is 0 Å². The Labute approximate surface area is 305 Å². The summed E-state index contributed by atoms with van der Waals surface area (Å²) in [6, 6.07) is 0. The van der Waals surface area contributed by atoms with Gasteiger partial charge < -0.3 is 9.47 Å². The van der Waals surface area contributed by atoms with Crippen molar-refractivity contribution in [2.24, 2.45) is 0 Å². The number of rotatable bonds is 38. The highest BCUT2D eigenvalue weighted by Gasteiger charge is 2.30. The summed E-state index contributed by atoms with van der Waals surface area (Å²) in [6.45, 7) is 4.22. The van der Waals surface area contributed by atoms with E-state index in [1.165, 1.54) is 89.9 Å². The van der Waals surface area contributed by atoms with E-state index in [4.69, 9.17) is 9.47 Å². The van der Waals surface area contributed by atoms with Crippen molar-refractivity contribution in [3.05, 3.63) is 24.3 Å². The number of unbranched alkanes of at least 4 members (excludes halogenated alkanes) is 22. The number of hydrogen-bond acceptors (Lipinski definition) is 7. The van der Waals surface area contributed by atoms with Gasteiger partial charge in [-0.25, -0.2) is 14.4 Å². The molecule has 288 valence electrons. The molecule has 0 aromatic heterocycles. The van der Waals surface area contributed by atoms with E-state index >= 15 is 0 Å². The maximum Gasteiger partial charge on any atom is 0.315 e. The van der Waals surface area contributed by atoms with Crippen molar-refractivity contribution in [1.29, 1.82) is 0 Å². The molecule has 0 saturated carbocycles. The monoisotopic (exact) mass is 705 g/mol. The quantitative estimate of drug-likeness (QED) is 0.0157. The van der Waals surface area contributed by atoms with E-state index < -0.39 is 22.7 Å². The molecule has 3 amide bonds. The lowest BCUT2D eigenvalue weighted by Gasteiger charge is -2.21. The van der Waals surface area contributed by atoms with Gasteiger partial charge in [-0.3, -0.25) is 9.59 Å². The molecule has 0 aromatic rings. The lowest BCUT2D eigenvalue weighted by atomic mass is 10.1. The van der Waals surface area contributed by atoms with E-state index in [-0.39, 0.29) is 45.0 Å².